The molecule has 0 aliphatic heterocycles. The summed E-state index contributed by atoms with van der Waals surface area (Å²) in [6.45, 7) is 12.3. The van der Waals surface area contributed by atoms with Gasteiger partial charge >= 0.3 is 0 Å². The van der Waals surface area contributed by atoms with E-state index in [2.05, 4.69) is 56.4 Å². The van der Waals surface area contributed by atoms with E-state index in [1.54, 1.807) is 0 Å². The Morgan fingerprint density at radius 2 is 1.58 bits per heavy atom. The Morgan fingerprint density at radius 1 is 0.917 bits per heavy atom. The topological polar surface area (TPSA) is 41.5 Å². The molecular weight excluding hydrogens is 296 g/mol. The minimum absolute atomic E-state index is 0.0946. The highest BCUT2D eigenvalue weighted by Crippen LogP contribution is 2.16. The number of hydrazone groups is 1. The lowest BCUT2D eigenvalue weighted by molar-refractivity contribution is -0.120. The number of rotatable bonds is 4. The number of aryl methyl sites for hydroxylation is 5. The lowest BCUT2D eigenvalue weighted by Gasteiger charge is -2.10. The lowest BCUT2D eigenvalue weighted by atomic mass is 9.98. The predicted molar refractivity (Wildman–Crippen MR) is 101 cm³/mol. The van der Waals surface area contributed by atoms with Crippen LogP contribution in [-0.4, -0.2) is 11.6 Å². The van der Waals surface area contributed by atoms with E-state index in [4.69, 9.17) is 0 Å². The second kappa shape index (κ2) is 7.43. The lowest BCUT2D eigenvalue weighted by Crippen LogP contribution is -2.22. The van der Waals surface area contributed by atoms with Crippen LogP contribution in [0.15, 0.2) is 35.4 Å². The summed E-state index contributed by atoms with van der Waals surface area (Å²) >= 11 is 0. The Kier molecular flexibility index (Phi) is 5.55. The second-order valence-corrected chi connectivity index (χ2v) is 6.59. The molecule has 2 aromatic rings. The molecule has 0 saturated carbocycles. The van der Waals surface area contributed by atoms with Crippen molar-refractivity contribution in [3.8, 4) is 0 Å². The van der Waals surface area contributed by atoms with E-state index in [1.165, 1.54) is 22.3 Å². The van der Waals surface area contributed by atoms with Crippen molar-refractivity contribution >= 4 is 11.6 Å². The largest absolute Gasteiger partial charge is 0.273 e. The molecule has 24 heavy (non-hydrogen) atoms. The van der Waals surface area contributed by atoms with Gasteiger partial charge < -0.3 is 0 Å². The van der Waals surface area contributed by atoms with Crippen LogP contribution in [0.3, 0.4) is 0 Å². The van der Waals surface area contributed by atoms with E-state index < -0.39 is 0 Å². The maximum Gasteiger partial charge on any atom is 0.244 e. The zero-order chi connectivity index (χ0) is 17.9. The molecule has 1 amide bonds. The summed E-state index contributed by atoms with van der Waals surface area (Å²) in [5.74, 6) is -0.0946. The zero-order valence-corrected chi connectivity index (χ0v) is 15.4. The first kappa shape index (κ1) is 17.9. The van der Waals surface area contributed by atoms with Gasteiger partial charge in [0.1, 0.15) is 0 Å². The molecule has 0 heterocycles. The normalized spacial score (nSPS) is 11.5. The molecule has 0 spiro atoms. The molecule has 0 fully saturated rings. The predicted octanol–water partition coefficient (Wildman–Crippen LogP) is 4.31. The maximum atomic E-state index is 12.2. The fraction of sp³-hybridized carbons (Fsp3) is 0.333. The summed E-state index contributed by atoms with van der Waals surface area (Å²) in [6.07, 6.45) is 0.342. The molecule has 3 nitrogen and oxygen atoms in total. The van der Waals surface area contributed by atoms with Crippen LogP contribution in [0.1, 0.15) is 45.9 Å². The molecule has 0 atom stereocenters. The number of hydrogen-bond donors (Lipinski definition) is 1. The number of carbonyl (C=O) groups excluding carboxylic acids is 1. The van der Waals surface area contributed by atoms with Crippen molar-refractivity contribution in [3.63, 3.8) is 0 Å². The standard InChI is InChI=1S/C21H26N2O/c1-13-7-8-19(16(4)9-13)12-21(24)23-22-18(6)20-11-15(3)14(2)10-17(20)5/h7-11H,12H2,1-6H3,(H,23,24)/b22-18+. The number of carbonyl (C=O) groups is 1. The van der Waals surface area contributed by atoms with Crippen LogP contribution in [0.25, 0.3) is 0 Å². The Hall–Kier alpha value is -2.42. The highest BCUT2D eigenvalue weighted by atomic mass is 16.2. The molecule has 2 aromatic carbocycles. The van der Waals surface area contributed by atoms with Crippen LogP contribution in [0.4, 0.5) is 0 Å². The first-order chi connectivity index (χ1) is 11.3. The van der Waals surface area contributed by atoms with Crippen molar-refractivity contribution in [2.24, 2.45) is 5.10 Å². The number of nitrogens with one attached hydrogen (secondary N) is 1. The van der Waals surface area contributed by atoms with E-state index in [1.807, 2.05) is 26.0 Å². The van der Waals surface area contributed by atoms with E-state index >= 15 is 0 Å². The fourth-order valence-corrected chi connectivity index (χ4v) is 2.81. The second-order valence-electron chi connectivity index (χ2n) is 6.59. The summed E-state index contributed by atoms with van der Waals surface area (Å²) in [6, 6.07) is 10.4. The van der Waals surface area contributed by atoms with Crippen LogP contribution in [0.2, 0.25) is 0 Å². The number of amides is 1. The summed E-state index contributed by atoms with van der Waals surface area (Å²) in [5.41, 5.74) is 11.6. The minimum Gasteiger partial charge on any atom is -0.273 e. The maximum absolute atomic E-state index is 12.2. The Morgan fingerprint density at radius 3 is 2.25 bits per heavy atom. The minimum atomic E-state index is -0.0946. The summed E-state index contributed by atoms with van der Waals surface area (Å²) < 4.78 is 0. The van der Waals surface area contributed by atoms with E-state index in [9.17, 15) is 4.79 Å². The molecule has 0 saturated heterocycles. The zero-order valence-electron chi connectivity index (χ0n) is 15.4. The van der Waals surface area contributed by atoms with Gasteiger partial charge in [0.05, 0.1) is 12.1 Å². The first-order valence-electron chi connectivity index (χ1n) is 8.25. The van der Waals surface area contributed by atoms with Crippen LogP contribution in [0.5, 0.6) is 0 Å². The summed E-state index contributed by atoms with van der Waals surface area (Å²) in [5, 5.41) is 4.29. The van der Waals surface area contributed by atoms with Crippen LogP contribution in [-0.2, 0) is 11.2 Å². The van der Waals surface area contributed by atoms with Gasteiger partial charge in [-0.25, -0.2) is 5.43 Å². The number of benzene rings is 2. The SMILES string of the molecule is C/C(=N\NC(=O)Cc1ccc(C)cc1C)c1cc(C)c(C)cc1C. The van der Waals surface area contributed by atoms with Gasteiger partial charge in [0, 0.05) is 5.56 Å². The molecule has 0 aliphatic carbocycles. The van der Waals surface area contributed by atoms with Gasteiger partial charge in [-0.05, 0) is 75.4 Å². The van der Waals surface area contributed by atoms with Crippen molar-refractivity contribution in [1.82, 2.24) is 5.43 Å². The first-order valence-corrected chi connectivity index (χ1v) is 8.25. The molecular formula is C21H26N2O. The molecule has 0 aromatic heterocycles. The third kappa shape index (κ3) is 4.31. The molecule has 1 N–H and O–H groups in total. The molecule has 3 heteroatoms. The van der Waals surface area contributed by atoms with Gasteiger partial charge in [-0.1, -0.05) is 29.8 Å². The van der Waals surface area contributed by atoms with Gasteiger partial charge in [0.25, 0.3) is 0 Å². The van der Waals surface area contributed by atoms with Gasteiger partial charge in [-0.15, -0.1) is 0 Å². The van der Waals surface area contributed by atoms with Crippen molar-refractivity contribution in [1.29, 1.82) is 0 Å². The van der Waals surface area contributed by atoms with Crippen molar-refractivity contribution in [2.45, 2.75) is 48.0 Å². The highest BCUT2D eigenvalue weighted by molar-refractivity contribution is 6.00. The van der Waals surface area contributed by atoms with Crippen LogP contribution in [0, 0.1) is 34.6 Å². The number of hydrogen-bond acceptors (Lipinski definition) is 2. The fourth-order valence-electron chi connectivity index (χ4n) is 2.81. The van der Waals surface area contributed by atoms with Crippen molar-refractivity contribution < 1.29 is 4.79 Å². The molecule has 126 valence electrons. The summed E-state index contributed by atoms with van der Waals surface area (Å²) in [4.78, 5) is 12.2. The number of nitrogens with zero attached hydrogens (tertiary/aromatic N) is 1. The van der Waals surface area contributed by atoms with Crippen molar-refractivity contribution in [3.05, 3.63) is 69.3 Å². The average molecular weight is 322 g/mol. The summed E-state index contributed by atoms with van der Waals surface area (Å²) in [7, 11) is 0. The third-order valence-corrected chi connectivity index (χ3v) is 4.43. The third-order valence-electron chi connectivity index (χ3n) is 4.43. The van der Waals surface area contributed by atoms with Crippen LogP contribution >= 0.6 is 0 Å². The van der Waals surface area contributed by atoms with Gasteiger partial charge in [-0.2, -0.15) is 5.10 Å². The Labute approximate surface area is 144 Å². The molecule has 2 rings (SSSR count). The van der Waals surface area contributed by atoms with Gasteiger partial charge in [0.2, 0.25) is 5.91 Å². The molecule has 0 aliphatic rings. The van der Waals surface area contributed by atoms with E-state index in [-0.39, 0.29) is 5.91 Å². The smallest absolute Gasteiger partial charge is 0.244 e. The van der Waals surface area contributed by atoms with E-state index in [0.29, 0.717) is 6.42 Å². The van der Waals surface area contributed by atoms with Crippen molar-refractivity contribution in [2.75, 3.05) is 0 Å². The average Bonchev–Trinajstić information content (AvgIpc) is 2.51. The quantitative estimate of drug-likeness (QED) is 0.661. The molecule has 0 bridgehead atoms. The van der Waals surface area contributed by atoms with E-state index in [0.717, 1.165) is 22.4 Å². The van der Waals surface area contributed by atoms with Crippen LogP contribution < -0.4 is 5.43 Å². The van der Waals surface area contributed by atoms with Gasteiger partial charge in [0.15, 0.2) is 0 Å². The monoisotopic (exact) mass is 322 g/mol. The highest BCUT2D eigenvalue weighted by Gasteiger charge is 2.08. The molecule has 0 unspecified atom stereocenters. The molecule has 0 radical (unpaired) electrons. The van der Waals surface area contributed by atoms with Gasteiger partial charge in [-0.3, -0.25) is 4.79 Å². The Bertz CT molecular complexity index is 804. The Balaban J connectivity index is 2.09.